The van der Waals surface area contributed by atoms with Gasteiger partial charge in [0.05, 0.1) is 29.9 Å². The molecule has 0 bridgehead atoms. The van der Waals surface area contributed by atoms with Gasteiger partial charge in [-0.05, 0) is 30.3 Å². The van der Waals surface area contributed by atoms with Gasteiger partial charge < -0.3 is 10.1 Å². The van der Waals surface area contributed by atoms with Gasteiger partial charge in [0.2, 0.25) is 10.0 Å². The monoisotopic (exact) mass is 293 g/mol. The molecular formula is C13H15N3O3S. The third kappa shape index (κ3) is 3.46. The predicted octanol–water partition coefficient (Wildman–Crippen LogP) is 1.35. The molecule has 0 atom stereocenters. The summed E-state index contributed by atoms with van der Waals surface area (Å²) in [5.41, 5.74) is 1.38. The summed E-state index contributed by atoms with van der Waals surface area (Å²) < 4.78 is 27.9. The number of pyridine rings is 1. The zero-order chi connectivity index (χ0) is 14.6. The number of nitrogens with one attached hydrogen (secondary N) is 1. The fraction of sp³-hybridized carbons (Fsp3) is 0.154. The Bertz CT molecular complexity index is 687. The molecule has 0 aliphatic rings. The van der Waals surface area contributed by atoms with E-state index in [4.69, 9.17) is 9.88 Å². The van der Waals surface area contributed by atoms with Crippen LogP contribution in [0, 0.1) is 0 Å². The first-order chi connectivity index (χ1) is 9.50. The molecule has 3 N–H and O–H groups in total. The molecule has 0 radical (unpaired) electrons. The maximum atomic E-state index is 11.4. The van der Waals surface area contributed by atoms with Gasteiger partial charge in [0.25, 0.3) is 0 Å². The van der Waals surface area contributed by atoms with Crippen molar-refractivity contribution in [3.05, 3.63) is 48.3 Å². The Morgan fingerprint density at radius 3 is 2.70 bits per heavy atom. The minimum absolute atomic E-state index is 0.0295. The normalized spacial score (nSPS) is 11.1. The number of benzene rings is 1. The van der Waals surface area contributed by atoms with Crippen LogP contribution in [0.5, 0.6) is 5.75 Å². The van der Waals surface area contributed by atoms with Crippen LogP contribution in [0.4, 0.5) is 5.69 Å². The lowest BCUT2D eigenvalue weighted by Gasteiger charge is -2.12. The third-order valence-corrected chi connectivity index (χ3v) is 3.60. The molecule has 0 spiro atoms. The van der Waals surface area contributed by atoms with Crippen molar-refractivity contribution >= 4 is 15.7 Å². The second-order valence-electron chi connectivity index (χ2n) is 4.08. The maximum absolute atomic E-state index is 11.4. The molecule has 0 saturated carbocycles. The summed E-state index contributed by atoms with van der Waals surface area (Å²) in [5.74, 6) is 0.535. The summed E-state index contributed by atoms with van der Waals surface area (Å²) in [6.07, 6.45) is 1.69. The number of hydrogen-bond acceptors (Lipinski definition) is 5. The lowest BCUT2D eigenvalue weighted by atomic mass is 10.2. The summed E-state index contributed by atoms with van der Waals surface area (Å²) in [6.45, 7) is 0.450. The Labute approximate surface area is 117 Å². The number of nitrogens with two attached hydrogens (primary N) is 1. The van der Waals surface area contributed by atoms with Crippen molar-refractivity contribution in [2.45, 2.75) is 11.4 Å². The molecule has 0 fully saturated rings. The fourth-order valence-electron chi connectivity index (χ4n) is 1.69. The van der Waals surface area contributed by atoms with E-state index in [2.05, 4.69) is 10.3 Å². The average molecular weight is 293 g/mol. The van der Waals surface area contributed by atoms with Crippen molar-refractivity contribution in [3.63, 3.8) is 0 Å². The largest absolute Gasteiger partial charge is 0.495 e. The molecule has 1 heterocycles. The highest BCUT2D eigenvalue weighted by Gasteiger charge is 2.11. The minimum Gasteiger partial charge on any atom is -0.495 e. The first kappa shape index (κ1) is 14.3. The molecule has 2 rings (SSSR count). The van der Waals surface area contributed by atoms with Crippen molar-refractivity contribution in [3.8, 4) is 5.75 Å². The van der Waals surface area contributed by atoms with E-state index in [0.29, 0.717) is 18.0 Å². The van der Waals surface area contributed by atoms with Gasteiger partial charge in [-0.25, -0.2) is 13.6 Å². The van der Waals surface area contributed by atoms with Crippen molar-refractivity contribution in [1.82, 2.24) is 4.98 Å². The number of aromatic nitrogens is 1. The molecule has 0 aliphatic carbocycles. The van der Waals surface area contributed by atoms with Gasteiger partial charge in [-0.15, -0.1) is 0 Å². The van der Waals surface area contributed by atoms with Crippen LogP contribution in [0.2, 0.25) is 0 Å². The Morgan fingerprint density at radius 2 is 2.10 bits per heavy atom. The molecule has 6 nitrogen and oxygen atoms in total. The lowest BCUT2D eigenvalue weighted by molar-refractivity contribution is 0.416. The van der Waals surface area contributed by atoms with Crippen molar-refractivity contribution in [2.24, 2.45) is 5.14 Å². The van der Waals surface area contributed by atoms with Gasteiger partial charge >= 0.3 is 0 Å². The molecule has 0 aliphatic heterocycles. The lowest BCUT2D eigenvalue weighted by Crippen LogP contribution is -2.13. The summed E-state index contributed by atoms with van der Waals surface area (Å²) in [5, 5.41) is 8.20. The van der Waals surface area contributed by atoms with E-state index in [1.807, 2.05) is 18.2 Å². The van der Waals surface area contributed by atoms with E-state index in [9.17, 15) is 8.42 Å². The van der Waals surface area contributed by atoms with Crippen molar-refractivity contribution < 1.29 is 13.2 Å². The van der Waals surface area contributed by atoms with Gasteiger partial charge in [-0.2, -0.15) is 0 Å². The van der Waals surface area contributed by atoms with Crippen LogP contribution in [-0.4, -0.2) is 20.5 Å². The number of ether oxygens (including phenoxy) is 1. The highest BCUT2D eigenvalue weighted by molar-refractivity contribution is 7.89. The summed E-state index contributed by atoms with van der Waals surface area (Å²) in [7, 11) is -2.23. The SMILES string of the molecule is COc1ccc(S(N)(=O)=O)cc1NCc1ccccn1. The number of primary sulfonamides is 1. The number of anilines is 1. The van der Waals surface area contributed by atoms with Crippen LogP contribution >= 0.6 is 0 Å². The molecule has 0 saturated heterocycles. The first-order valence-corrected chi connectivity index (χ1v) is 7.40. The van der Waals surface area contributed by atoms with Gasteiger partial charge in [-0.3, -0.25) is 4.98 Å². The Kier molecular flexibility index (Phi) is 4.21. The quantitative estimate of drug-likeness (QED) is 0.867. The van der Waals surface area contributed by atoms with E-state index in [-0.39, 0.29) is 4.90 Å². The molecule has 2 aromatic rings. The van der Waals surface area contributed by atoms with Crippen LogP contribution < -0.4 is 15.2 Å². The van der Waals surface area contributed by atoms with Crippen LogP contribution in [0.25, 0.3) is 0 Å². The van der Waals surface area contributed by atoms with E-state index < -0.39 is 10.0 Å². The van der Waals surface area contributed by atoms with Gasteiger partial charge in [-0.1, -0.05) is 6.07 Å². The molecule has 7 heteroatoms. The van der Waals surface area contributed by atoms with Gasteiger partial charge in [0.1, 0.15) is 5.75 Å². The molecular weight excluding hydrogens is 278 g/mol. The molecule has 0 amide bonds. The zero-order valence-electron chi connectivity index (χ0n) is 10.9. The molecule has 0 unspecified atom stereocenters. The average Bonchev–Trinajstić information content (AvgIpc) is 2.45. The third-order valence-electron chi connectivity index (χ3n) is 2.69. The molecule has 106 valence electrons. The van der Waals surface area contributed by atoms with E-state index in [1.54, 1.807) is 12.3 Å². The molecule has 1 aromatic heterocycles. The molecule has 20 heavy (non-hydrogen) atoms. The van der Waals surface area contributed by atoms with Crippen molar-refractivity contribution in [2.75, 3.05) is 12.4 Å². The van der Waals surface area contributed by atoms with E-state index >= 15 is 0 Å². The number of rotatable bonds is 5. The molecule has 1 aromatic carbocycles. The predicted molar refractivity (Wildman–Crippen MR) is 75.9 cm³/mol. The van der Waals surface area contributed by atoms with Crippen LogP contribution in [0.1, 0.15) is 5.69 Å². The topological polar surface area (TPSA) is 94.3 Å². The second kappa shape index (κ2) is 5.89. The summed E-state index contributed by atoms with van der Waals surface area (Å²) in [6, 6.07) is 9.97. The van der Waals surface area contributed by atoms with Crippen LogP contribution in [0.3, 0.4) is 0 Å². The number of hydrogen-bond donors (Lipinski definition) is 2. The maximum Gasteiger partial charge on any atom is 0.238 e. The standard InChI is InChI=1S/C13H15N3O3S/c1-19-13-6-5-11(20(14,17)18)8-12(13)16-9-10-4-2-3-7-15-10/h2-8,16H,9H2,1H3,(H2,14,17,18). The summed E-state index contributed by atoms with van der Waals surface area (Å²) in [4.78, 5) is 4.20. The Hall–Kier alpha value is -2.12. The van der Waals surface area contributed by atoms with E-state index in [1.165, 1.54) is 19.2 Å². The van der Waals surface area contributed by atoms with Gasteiger partial charge in [0.15, 0.2) is 0 Å². The van der Waals surface area contributed by atoms with Gasteiger partial charge in [0, 0.05) is 6.20 Å². The number of nitrogens with zero attached hydrogens (tertiary/aromatic N) is 1. The van der Waals surface area contributed by atoms with Crippen LogP contribution in [-0.2, 0) is 16.6 Å². The second-order valence-corrected chi connectivity index (χ2v) is 5.64. The smallest absolute Gasteiger partial charge is 0.238 e. The minimum atomic E-state index is -3.74. The highest BCUT2D eigenvalue weighted by atomic mass is 32.2. The van der Waals surface area contributed by atoms with E-state index in [0.717, 1.165) is 5.69 Å². The number of sulfonamides is 1. The Morgan fingerprint density at radius 1 is 1.30 bits per heavy atom. The van der Waals surface area contributed by atoms with Crippen molar-refractivity contribution in [1.29, 1.82) is 0 Å². The zero-order valence-corrected chi connectivity index (χ0v) is 11.7. The highest BCUT2D eigenvalue weighted by Crippen LogP contribution is 2.27. The fourth-order valence-corrected chi connectivity index (χ4v) is 2.23. The Balaban J connectivity index is 2.25. The van der Waals surface area contributed by atoms with Crippen LogP contribution in [0.15, 0.2) is 47.5 Å². The number of methoxy groups -OCH3 is 1. The summed E-state index contributed by atoms with van der Waals surface area (Å²) >= 11 is 0. The first-order valence-electron chi connectivity index (χ1n) is 5.85.